The van der Waals surface area contributed by atoms with Crippen LogP contribution < -0.4 is 0 Å². The van der Waals surface area contributed by atoms with Crippen molar-refractivity contribution < 1.29 is 4.79 Å². The first-order valence-corrected chi connectivity index (χ1v) is 9.59. The zero-order valence-electron chi connectivity index (χ0n) is 17.0. The molecule has 1 aliphatic heterocycles. The standard InChI is InChI=1S/C14H23NO.3C2H6/c1-10(16)11-8-14(9-15(11)4)12(2,3)13(14)6-5-7-13;3*1-2/h11H,5-9H2,1-4H3;3*1-2H3. The SMILES string of the molecule is CC.CC.CC.CC(=O)C1CC2(CN1C)C(C)(C)C21CCC1. The van der Waals surface area contributed by atoms with Gasteiger partial charge in [0.05, 0.1) is 6.04 Å². The number of Topliss-reactive ketones (excluding diaryl/α,β-unsaturated/α-hetero) is 1. The van der Waals surface area contributed by atoms with Crippen LogP contribution >= 0.6 is 0 Å². The summed E-state index contributed by atoms with van der Waals surface area (Å²) in [5.74, 6) is 0.358. The van der Waals surface area contributed by atoms with Gasteiger partial charge in [-0.3, -0.25) is 9.69 Å². The molecule has 2 atom stereocenters. The summed E-state index contributed by atoms with van der Waals surface area (Å²) < 4.78 is 0. The third kappa shape index (κ3) is 2.66. The molecule has 2 unspecified atom stereocenters. The van der Waals surface area contributed by atoms with E-state index in [2.05, 4.69) is 25.8 Å². The summed E-state index contributed by atoms with van der Waals surface area (Å²) in [7, 11) is 2.13. The molecule has 0 bridgehead atoms. The van der Waals surface area contributed by atoms with E-state index in [0.29, 0.717) is 22.0 Å². The van der Waals surface area contributed by atoms with Crippen LogP contribution in [0.4, 0.5) is 0 Å². The van der Waals surface area contributed by atoms with Gasteiger partial charge in [0.1, 0.15) is 5.78 Å². The van der Waals surface area contributed by atoms with Crippen molar-refractivity contribution in [1.29, 1.82) is 0 Å². The number of hydrogen-bond donors (Lipinski definition) is 0. The number of rotatable bonds is 1. The number of carbonyl (C=O) groups excluding carboxylic acids is 1. The van der Waals surface area contributed by atoms with E-state index in [9.17, 15) is 4.79 Å². The number of hydrogen-bond acceptors (Lipinski definition) is 2. The van der Waals surface area contributed by atoms with Gasteiger partial charge < -0.3 is 0 Å². The first-order chi connectivity index (χ1) is 10.4. The lowest BCUT2D eigenvalue weighted by Crippen LogP contribution is -2.31. The van der Waals surface area contributed by atoms with E-state index >= 15 is 0 Å². The quantitative estimate of drug-likeness (QED) is 0.632. The molecule has 0 aromatic heterocycles. The van der Waals surface area contributed by atoms with Crippen molar-refractivity contribution >= 4 is 5.78 Å². The van der Waals surface area contributed by atoms with Gasteiger partial charge in [-0.25, -0.2) is 0 Å². The Morgan fingerprint density at radius 1 is 0.955 bits per heavy atom. The number of fused-ring (bicyclic) bond motifs is 1. The topological polar surface area (TPSA) is 20.3 Å². The molecule has 2 nitrogen and oxygen atoms in total. The Balaban J connectivity index is 0.000000661. The molecule has 0 N–H and O–H groups in total. The molecule has 132 valence electrons. The third-order valence-electron chi connectivity index (χ3n) is 6.52. The zero-order valence-corrected chi connectivity index (χ0v) is 17.0. The van der Waals surface area contributed by atoms with Gasteiger partial charge in [0.15, 0.2) is 0 Å². The molecule has 2 heteroatoms. The fraction of sp³-hybridized carbons (Fsp3) is 0.950. The highest BCUT2D eigenvalue weighted by atomic mass is 16.1. The third-order valence-corrected chi connectivity index (χ3v) is 6.52. The van der Waals surface area contributed by atoms with E-state index in [1.54, 1.807) is 6.92 Å². The van der Waals surface area contributed by atoms with Crippen molar-refractivity contribution in [1.82, 2.24) is 4.90 Å². The van der Waals surface area contributed by atoms with Crippen LogP contribution in [-0.2, 0) is 4.79 Å². The van der Waals surface area contributed by atoms with Crippen LogP contribution in [-0.4, -0.2) is 30.3 Å². The van der Waals surface area contributed by atoms with Crippen LogP contribution in [0.5, 0.6) is 0 Å². The molecule has 2 saturated carbocycles. The van der Waals surface area contributed by atoms with Gasteiger partial charge in [0.2, 0.25) is 0 Å². The van der Waals surface area contributed by atoms with Gasteiger partial charge in [0.25, 0.3) is 0 Å². The molecule has 0 amide bonds. The maximum Gasteiger partial charge on any atom is 0.146 e. The van der Waals surface area contributed by atoms with Crippen molar-refractivity contribution in [2.45, 2.75) is 94.0 Å². The van der Waals surface area contributed by atoms with Gasteiger partial charge in [-0.2, -0.15) is 0 Å². The second-order valence-corrected chi connectivity index (χ2v) is 6.89. The van der Waals surface area contributed by atoms with Crippen molar-refractivity contribution in [3.63, 3.8) is 0 Å². The lowest BCUT2D eigenvalue weighted by molar-refractivity contribution is -0.120. The van der Waals surface area contributed by atoms with Crippen molar-refractivity contribution in [2.24, 2.45) is 16.2 Å². The Labute approximate surface area is 140 Å². The van der Waals surface area contributed by atoms with Gasteiger partial charge >= 0.3 is 0 Å². The Kier molecular flexibility index (Phi) is 7.81. The molecular weight excluding hydrogens is 270 g/mol. The summed E-state index contributed by atoms with van der Waals surface area (Å²) in [5.41, 5.74) is 1.53. The molecule has 3 rings (SSSR count). The number of ketones is 1. The summed E-state index contributed by atoms with van der Waals surface area (Å²) in [6.07, 6.45) is 5.32. The van der Waals surface area contributed by atoms with Crippen LogP contribution in [0.25, 0.3) is 0 Å². The Bertz CT molecular complexity index is 357. The number of likely N-dealkylation sites (N-methyl/N-ethyl adjacent to an activating group) is 1. The number of carbonyl (C=O) groups is 1. The van der Waals surface area contributed by atoms with E-state index in [1.807, 2.05) is 41.5 Å². The largest absolute Gasteiger partial charge is 0.298 e. The highest BCUT2D eigenvalue weighted by Gasteiger charge is 2.84. The van der Waals surface area contributed by atoms with Crippen molar-refractivity contribution in [2.75, 3.05) is 13.6 Å². The Morgan fingerprint density at radius 3 is 1.64 bits per heavy atom. The summed E-state index contributed by atoms with van der Waals surface area (Å²) in [6, 6.07) is 0.194. The maximum absolute atomic E-state index is 11.7. The fourth-order valence-electron chi connectivity index (χ4n) is 5.23. The summed E-state index contributed by atoms with van der Waals surface area (Å²) in [6.45, 7) is 19.8. The van der Waals surface area contributed by atoms with Gasteiger partial charge in [-0.1, -0.05) is 61.8 Å². The number of likely N-dealkylation sites (tertiary alicyclic amines) is 1. The highest BCUT2D eigenvalue weighted by Crippen LogP contribution is 2.88. The second-order valence-electron chi connectivity index (χ2n) is 6.89. The minimum absolute atomic E-state index is 0.194. The van der Waals surface area contributed by atoms with Crippen LogP contribution in [0.1, 0.15) is 88.0 Å². The maximum atomic E-state index is 11.7. The molecule has 0 radical (unpaired) electrons. The van der Waals surface area contributed by atoms with Crippen LogP contribution in [0.3, 0.4) is 0 Å². The van der Waals surface area contributed by atoms with E-state index in [0.717, 1.165) is 13.0 Å². The predicted octanol–water partition coefficient (Wildman–Crippen LogP) is 5.55. The molecule has 1 saturated heterocycles. The minimum atomic E-state index is 0.194. The normalized spacial score (nSPS) is 32.5. The molecule has 3 fully saturated rings. The summed E-state index contributed by atoms with van der Waals surface area (Å²) >= 11 is 0. The Hall–Kier alpha value is -0.370. The number of nitrogens with zero attached hydrogens (tertiary/aromatic N) is 1. The molecule has 0 aromatic carbocycles. The molecule has 3 aliphatic rings. The Morgan fingerprint density at radius 2 is 1.41 bits per heavy atom. The predicted molar refractivity (Wildman–Crippen MR) is 98.3 cm³/mol. The molecule has 1 heterocycles. The van der Waals surface area contributed by atoms with E-state index in [4.69, 9.17) is 0 Å². The fourth-order valence-corrected chi connectivity index (χ4v) is 5.23. The van der Waals surface area contributed by atoms with E-state index < -0.39 is 0 Å². The second kappa shape index (κ2) is 7.95. The summed E-state index contributed by atoms with van der Waals surface area (Å²) in [5, 5.41) is 0. The molecule has 0 aromatic rings. The lowest BCUT2D eigenvalue weighted by Gasteiger charge is -2.32. The smallest absolute Gasteiger partial charge is 0.146 e. The molecule has 22 heavy (non-hydrogen) atoms. The van der Waals surface area contributed by atoms with Crippen LogP contribution in [0.2, 0.25) is 0 Å². The first kappa shape index (κ1) is 21.6. The monoisotopic (exact) mass is 311 g/mol. The van der Waals surface area contributed by atoms with Crippen molar-refractivity contribution in [3.05, 3.63) is 0 Å². The zero-order chi connectivity index (χ0) is 17.8. The average Bonchev–Trinajstić information content (AvgIpc) is 2.72. The van der Waals surface area contributed by atoms with E-state index in [-0.39, 0.29) is 6.04 Å². The van der Waals surface area contributed by atoms with Crippen molar-refractivity contribution in [3.8, 4) is 0 Å². The molecule has 2 aliphatic carbocycles. The summed E-state index contributed by atoms with van der Waals surface area (Å²) in [4.78, 5) is 14.0. The first-order valence-electron chi connectivity index (χ1n) is 9.59. The molecule has 2 spiro atoms. The average molecular weight is 312 g/mol. The van der Waals surface area contributed by atoms with E-state index in [1.165, 1.54) is 19.3 Å². The van der Waals surface area contributed by atoms with Gasteiger partial charge in [0, 0.05) is 6.54 Å². The minimum Gasteiger partial charge on any atom is -0.298 e. The van der Waals surface area contributed by atoms with Gasteiger partial charge in [-0.05, 0) is 49.5 Å². The van der Waals surface area contributed by atoms with Crippen LogP contribution in [0, 0.1) is 16.2 Å². The van der Waals surface area contributed by atoms with Gasteiger partial charge in [-0.15, -0.1) is 0 Å². The molecular formula is C20H41NO. The lowest BCUT2D eigenvalue weighted by atomic mass is 9.73. The highest BCUT2D eigenvalue weighted by molar-refractivity contribution is 5.82. The van der Waals surface area contributed by atoms with Crippen LogP contribution in [0.15, 0.2) is 0 Å².